The van der Waals surface area contributed by atoms with Crippen molar-refractivity contribution in [3.63, 3.8) is 0 Å². The largest absolute Gasteiger partial charge is 0.378 e. The summed E-state index contributed by atoms with van der Waals surface area (Å²) in [6.07, 6.45) is 0. The first-order chi connectivity index (χ1) is 11.9. The molecule has 0 amide bonds. The molecular formula is C20H26BrN3O. The Morgan fingerprint density at radius 3 is 2.12 bits per heavy atom. The molecule has 0 heterocycles. The molecule has 0 fully saturated rings. The first-order valence-electron chi connectivity index (χ1n) is 8.31. The number of nitrogens with one attached hydrogen (secondary N) is 1. The molecule has 0 saturated carbocycles. The molecule has 0 radical (unpaired) electrons. The van der Waals surface area contributed by atoms with Gasteiger partial charge in [0.2, 0.25) is 0 Å². The second-order valence-electron chi connectivity index (χ2n) is 6.53. The molecule has 134 valence electrons. The third-order valence-corrected chi connectivity index (χ3v) is 4.74. The minimum Gasteiger partial charge on any atom is -0.378 e. The van der Waals surface area contributed by atoms with Crippen molar-refractivity contribution in [3.8, 4) is 0 Å². The van der Waals surface area contributed by atoms with Gasteiger partial charge in [0.15, 0.2) is 5.78 Å². The van der Waals surface area contributed by atoms with Gasteiger partial charge >= 0.3 is 0 Å². The summed E-state index contributed by atoms with van der Waals surface area (Å²) in [6.45, 7) is 1.05. The molecule has 25 heavy (non-hydrogen) atoms. The van der Waals surface area contributed by atoms with Gasteiger partial charge in [0, 0.05) is 42.4 Å². The van der Waals surface area contributed by atoms with E-state index in [-0.39, 0.29) is 11.8 Å². The molecule has 0 saturated heterocycles. The van der Waals surface area contributed by atoms with E-state index in [1.54, 1.807) is 0 Å². The normalized spacial score (nSPS) is 12.2. The van der Waals surface area contributed by atoms with Gasteiger partial charge in [0.1, 0.15) is 0 Å². The van der Waals surface area contributed by atoms with Crippen LogP contribution in [0.3, 0.4) is 0 Å². The van der Waals surface area contributed by atoms with Crippen LogP contribution in [0.1, 0.15) is 22.0 Å². The van der Waals surface area contributed by atoms with Crippen molar-refractivity contribution in [3.05, 3.63) is 64.1 Å². The van der Waals surface area contributed by atoms with E-state index in [0.29, 0.717) is 6.54 Å². The molecule has 0 spiro atoms. The molecule has 5 heteroatoms. The fraction of sp³-hybridized carbons (Fsp3) is 0.350. The SMILES string of the molecule is CN(C)c1ccc(C(CNCC(=O)c2ccc(Br)cc2)N(C)C)cc1. The van der Waals surface area contributed by atoms with Crippen molar-refractivity contribution >= 4 is 27.4 Å². The second kappa shape index (κ2) is 9.13. The number of nitrogens with zero attached hydrogens (tertiary/aromatic N) is 2. The third-order valence-electron chi connectivity index (χ3n) is 4.21. The maximum absolute atomic E-state index is 12.3. The number of likely N-dealkylation sites (N-methyl/N-ethyl adjacent to an activating group) is 1. The fourth-order valence-corrected chi connectivity index (χ4v) is 2.92. The smallest absolute Gasteiger partial charge is 0.176 e. The van der Waals surface area contributed by atoms with Crippen LogP contribution in [0.4, 0.5) is 5.69 Å². The van der Waals surface area contributed by atoms with Gasteiger partial charge in [-0.3, -0.25) is 4.79 Å². The molecule has 0 bridgehead atoms. The van der Waals surface area contributed by atoms with Crippen LogP contribution in [0.15, 0.2) is 53.0 Å². The quantitative estimate of drug-likeness (QED) is 0.683. The number of hydrogen-bond donors (Lipinski definition) is 1. The van der Waals surface area contributed by atoms with Crippen LogP contribution < -0.4 is 10.2 Å². The van der Waals surface area contributed by atoms with E-state index >= 15 is 0 Å². The minimum atomic E-state index is 0.105. The summed E-state index contributed by atoms with van der Waals surface area (Å²) in [5.74, 6) is 0.105. The molecule has 0 aromatic heterocycles. The van der Waals surface area contributed by atoms with Crippen molar-refractivity contribution in [2.45, 2.75) is 6.04 Å². The van der Waals surface area contributed by atoms with Gasteiger partial charge in [-0.25, -0.2) is 0 Å². The number of hydrogen-bond acceptors (Lipinski definition) is 4. The van der Waals surface area contributed by atoms with Gasteiger partial charge in [0.25, 0.3) is 0 Å². The van der Waals surface area contributed by atoms with E-state index in [1.807, 2.05) is 38.4 Å². The van der Waals surface area contributed by atoms with E-state index < -0.39 is 0 Å². The number of anilines is 1. The topological polar surface area (TPSA) is 35.6 Å². The Hall–Kier alpha value is -1.69. The lowest BCUT2D eigenvalue weighted by Crippen LogP contribution is -2.33. The summed E-state index contributed by atoms with van der Waals surface area (Å²) in [5.41, 5.74) is 3.14. The van der Waals surface area contributed by atoms with E-state index in [0.717, 1.165) is 16.6 Å². The predicted octanol–water partition coefficient (Wildman–Crippen LogP) is 3.59. The lowest BCUT2D eigenvalue weighted by atomic mass is 10.0. The Kier molecular flexibility index (Phi) is 7.17. The first-order valence-corrected chi connectivity index (χ1v) is 9.11. The highest BCUT2D eigenvalue weighted by atomic mass is 79.9. The van der Waals surface area contributed by atoms with Crippen LogP contribution in [-0.4, -0.2) is 52.0 Å². The average molecular weight is 404 g/mol. The minimum absolute atomic E-state index is 0.105. The van der Waals surface area contributed by atoms with Gasteiger partial charge < -0.3 is 15.1 Å². The van der Waals surface area contributed by atoms with Crippen LogP contribution in [0, 0.1) is 0 Å². The van der Waals surface area contributed by atoms with Gasteiger partial charge in [-0.1, -0.05) is 40.2 Å². The highest BCUT2D eigenvalue weighted by molar-refractivity contribution is 9.10. The number of ketones is 1. The Balaban J connectivity index is 1.95. The number of benzene rings is 2. The molecule has 4 nitrogen and oxygen atoms in total. The summed E-state index contributed by atoms with van der Waals surface area (Å²) in [6, 6.07) is 16.2. The molecule has 2 aromatic carbocycles. The zero-order valence-corrected chi connectivity index (χ0v) is 16.9. The number of carbonyl (C=O) groups excluding carboxylic acids is 1. The number of halogens is 1. The van der Waals surface area contributed by atoms with Gasteiger partial charge in [0.05, 0.1) is 6.54 Å². The van der Waals surface area contributed by atoms with Crippen LogP contribution in [-0.2, 0) is 0 Å². The van der Waals surface area contributed by atoms with E-state index in [9.17, 15) is 4.79 Å². The molecule has 0 aliphatic carbocycles. The number of rotatable bonds is 8. The van der Waals surface area contributed by atoms with E-state index in [4.69, 9.17) is 0 Å². The Labute approximate surface area is 159 Å². The zero-order chi connectivity index (χ0) is 18.4. The third kappa shape index (κ3) is 5.66. The van der Waals surface area contributed by atoms with E-state index in [2.05, 4.69) is 69.4 Å². The van der Waals surface area contributed by atoms with Gasteiger partial charge in [-0.15, -0.1) is 0 Å². The van der Waals surface area contributed by atoms with Gasteiger partial charge in [-0.2, -0.15) is 0 Å². The molecule has 1 atom stereocenters. The predicted molar refractivity (Wildman–Crippen MR) is 109 cm³/mol. The van der Waals surface area contributed by atoms with Crippen molar-refractivity contribution in [1.82, 2.24) is 10.2 Å². The zero-order valence-electron chi connectivity index (χ0n) is 15.3. The van der Waals surface area contributed by atoms with Crippen molar-refractivity contribution in [2.24, 2.45) is 0 Å². The molecule has 2 rings (SSSR count). The first kappa shape index (κ1) is 19.6. The maximum atomic E-state index is 12.3. The molecule has 1 unspecified atom stereocenters. The van der Waals surface area contributed by atoms with Crippen LogP contribution in [0.5, 0.6) is 0 Å². The summed E-state index contributed by atoms with van der Waals surface area (Å²) < 4.78 is 0.978. The summed E-state index contributed by atoms with van der Waals surface area (Å²) >= 11 is 3.39. The molecule has 1 N–H and O–H groups in total. The Bertz CT molecular complexity index is 681. The molecule has 0 aliphatic heterocycles. The molecule has 2 aromatic rings. The lowest BCUT2D eigenvalue weighted by Gasteiger charge is -2.25. The van der Waals surface area contributed by atoms with Gasteiger partial charge in [-0.05, 0) is 43.9 Å². The maximum Gasteiger partial charge on any atom is 0.176 e. The fourth-order valence-electron chi connectivity index (χ4n) is 2.65. The van der Waals surface area contributed by atoms with Crippen molar-refractivity contribution < 1.29 is 4.79 Å². The van der Waals surface area contributed by atoms with Crippen LogP contribution in [0.25, 0.3) is 0 Å². The highest BCUT2D eigenvalue weighted by Gasteiger charge is 2.15. The van der Waals surface area contributed by atoms with Crippen LogP contribution in [0.2, 0.25) is 0 Å². The summed E-state index contributed by atoms with van der Waals surface area (Å²) in [4.78, 5) is 16.5. The standard InChI is InChI=1S/C20H26BrN3O/c1-23(2)18-11-7-15(8-12-18)19(24(3)4)13-22-14-20(25)16-5-9-17(21)10-6-16/h5-12,19,22H,13-14H2,1-4H3. The molecular weight excluding hydrogens is 378 g/mol. The van der Waals surface area contributed by atoms with Crippen molar-refractivity contribution in [1.29, 1.82) is 0 Å². The monoisotopic (exact) mass is 403 g/mol. The Morgan fingerprint density at radius 1 is 1.00 bits per heavy atom. The highest BCUT2D eigenvalue weighted by Crippen LogP contribution is 2.21. The summed E-state index contributed by atoms with van der Waals surface area (Å²) in [5, 5.41) is 3.30. The Morgan fingerprint density at radius 2 is 1.60 bits per heavy atom. The molecule has 0 aliphatic rings. The summed E-state index contributed by atoms with van der Waals surface area (Å²) in [7, 11) is 8.19. The average Bonchev–Trinajstić information content (AvgIpc) is 2.59. The number of Topliss-reactive ketones (excluding diaryl/α,β-unsaturated/α-hetero) is 1. The van der Waals surface area contributed by atoms with Crippen LogP contribution >= 0.6 is 15.9 Å². The number of carbonyl (C=O) groups is 1. The van der Waals surface area contributed by atoms with Crippen molar-refractivity contribution in [2.75, 3.05) is 46.2 Å². The van der Waals surface area contributed by atoms with E-state index in [1.165, 1.54) is 11.3 Å². The second-order valence-corrected chi connectivity index (χ2v) is 7.44. The lowest BCUT2D eigenvalue weighted by molar-refractivity contribution is 0.0988.